The molecule has 4 unspecified atom stereocenters. The summed E-state index contributed by atoms with van der Waals surface area (Å²) in [5.74, 6) is 0. The summed E-state index contributed by atoms with van der Waals surface area (Å²) in [6.45, 7) is 6.79. The Morgan fingerprint density at radius 3 is 2.00 bits per heavy atom. The van der Waals surface area contributed by atoms with Crippen molar-refractivity contribution in [2.24, 2.45) is 0 Å². The second-order valence-electron chi connectivity index (χ2n) is 3.32. The third kappa shape index (κ3) is 2.29. The zero-order valence-corrected chi connectivity index (χ0v) is 9.84. The molecule has 0 aromatic heterocycles. The second kappa shape index (κ2) is 4.05. The fourth-order valence-corrected chi connectivity index (χ4v) is 3.65. The van der Waals surface area contributed by atoms with Crippen molar-refractivity contribution in [3.63, 3.8) is 0 Å². The molecular formula is C8H18IN2-. The van der Waals surface area contributed by atoms with Crippen molar-refractivity contribution in [1.82, 2.24) is 10.6 Å². The van der Waals surface area contributed by atoms with Gasteiger partial charge in [0.15, 0.2) is 0 Å². The first-order valence-electron chi connectivity index (χ1n) is 4.15. The van der Waals surface area contributed by atoms with E-state index in [4.69, 9.17) is 0 Å². The quantitative estimate of drug-likeness (QED) is 0.310. The normalized spacial score (nSPS) is 46.2. The maximum absolute atomic E-state index is 3.65. The summed E-state index contributed by atoms with van der Waals surface area (Å²) in [6.07, 6.45) is 0. The molecule has 1 heterocycles. The van der Waals surface area contributed by atoms with E-state index in [2.05, 4.69) is 36.3 Å². The Morgan fingerprint density at radius 2 is 1.45 bits per heavy atom. The minimum absolute atomic E-state index is 0.326. The van der Waals surface area contributed by atoms with Gasteiger partial charge in [-0.3, -0.25) is 0 Å². The molecule has 1 saturated heterocycles. The average molecular weight is 269 g/mol. The summed E-state index contributed by atoms with van der Waals surface area (Å²) < 4.78 is 0.764. The SMILES string of the molecule is C[I-]C1NC(C)C(C)NC1C. The van der Waals surface area contributed by atoms with Crippen LogP contribution in [0.3, 0.4) is 0 Å². The van der Waals surface area contributed by atoms with Gasteiger partial charge in [-0.25, -0.2) is 0 Å². The molecule has 1 aliphatic rings. The van der Waals surface area contributed by atoms with E-state index < -0.39 is 0 Å². The van der Waals surface area contributed by atoms with Gasteiger partial charge in [-0.15, -0.1) is 0 Å². The van der Waals surface area contributed by atoms with E-state index in [1.165, 1.54) is 0 Å². The molecule has 2 N–H and O–H groups in total. The van der Waals surface area contributed by atoms with Gasteiger partial charge in [0.25, 0.3) is 0 Å². The van der Waals surface area contributed by atoms with Crippen LogP contribution in [0, 0.1) is 0 Å². The van der Waals surface area contributed by atoms with Gasteiger partial charge >= 0.3 is 79.7 Å². The molecule has 0 aliphatic carbocycles. The monoisotopic (exact) mass is 269 g/mol. The van der Waals surface area contributed by atoms with E-state index in [0.717, 1.165) is 4.05 Å². The molecule has 3 heteroatoms. The molecule has 0 amide bonds. The Kier molecular flexibility index (Phi) is 3.58. The third-order valence-electron chi connectivity index (χ3n) is 2.37. The number of hydrogen-bond donors (Lipinski definition) is 2. The van der Waals surface area contributed by atoms with Crippen LogP contribution in [0.15, 0.2) is 0 Å². The van der Waals surface area contributed by atoms with Crippen molar-refractivity contribution < 1.29 is 21.2 Å². The molecule has 2 nitrogen and oxygen atoms in total. The Balaban J connectivity index is 2.48. The zero-order valence-electron chi connectivity index (χ0n) is 7.69. The standard InChI is InChI=1S/C8H18IN2/c1-5-6(2)11-8(9-4)7(3)10-5/h5-8,10-11H,1-4H3/q-1. The van der Waals surface area contributed by atoms with Crippen molar-refractivity contribution in [2.75, 3.05) is 4.93 Å². The van der Waals surface area contributed by atoms with Crippen molar-refractivity contribution in [3.05, 3.63) is 0 Å². The van der Waals surface area contributed by atoms with Crippen LogP contribution >= 0.6 is 0 Å². The van der Waals surface area contributed by atoms with Gasteiger partial charge in [0.05, 0.1) is 0 Å². The van der Waals surface area contributed by atoms with E-state index in [9.17, 15) is 0 Å². The first-order valence-corrected chi connectivity index (χ1v) is 7.55. The van der Waals surface area contributed by atoms with E-state index in [0.29, 0.717) is 39.3 Å². The molecule has 0 bridgehead atoms. The molecule has 1 rings (SSSR count). The average Bonchev–Trinajstić information content (AvgIpc) is 1.97. The number of hydrogen-bond acceptors (Lipinski definition) is 2. The Morgan fingerprint density at radius 1 is 0.909 bits per heavy atom. The maximum atomic E-state index is 3.65. The van der Waals surface area contributed by atoms with Crippen LogP contribution in [-0.2, 0) is 0 Å². The molecule has 0 saturated carbocycles. The van der Waals surface area contributed by atoms with Crippen molar-refractivity contribution in [2.45, 2.75) is 42.9 Å². The van der Waals surface area contributed by atoms with Crippen LogP contribution in [0.25, 0.3) is 0 Å². The van der Waals surface area contributed by atoms with Crippen LogP contribution in [0.2, 0.25) is 0 Å². The summed E-state index contributed by atoms with van der Waals surface area (Å²) in [7, 11) is 0. The molecule has 1 fully saturated rings. The Bertz CT molecular complexity index is 129. The number of halogens is 1. The predicted octanol–water partition coefficient (Wildman–Crippen LogP) is -2.61. The first kappa shape index (κ1) is 9.74. The van der Waals surface area contributed by atoms with Crippen molar-refractivity contribution in [1.29, 1.82) is 0 Å². The van der Waals surface area contributed by atoms with Crippen LogP contribution in [0.1, 0.15) is 20.8 Å². The van der Waals surface area contributed by atoms with E-state index in [1.807, 2.05) is 0 Å². The Hall–Kier alpha value is 0.650. The van der Waals surface area contributed by atoms with E-state index in [-0.39, 0.29) is 0 Å². The predicted molar refractivity (Wildman–Crippen MR) is 44.4 cm³/mol. The summed E-state index contributed by atoms with van der Waals surface area (Å²) in [4.78, 5) is 2.34. The molecule has 0 aromatic rings. The van der Waals surface area contributed by atoms with Gasteiger partial charge in [0.1, 0.15) is 0 Å². The van der Waals surface area contributed by atoms with Gasteiger partial charge in [-0.1, -0.05) is 0 Å². The topological polar surface area (TPSA) is 24.1 Å². The number of piperazine rings is 1. The number of alkyl halides is 2. The van der Waals surface area contributed by atoms with Gasteiger partial charge in [-0.2, -0.15) is 0 Å². The molecular weight excluding hydrogens is 251 g/mol. The summed E-state index contributed by atoms with van der Waals surface area (Å²) in [5.41, 5.74) is 0. The van der Waals surface area contributed by atoms with Gasteiger partial charge in [0.2, 0.25) is 0 Å². The summed E-state index contributed by atoms with van der Waals surface area (Å²) in [6, 6.07) is 1.92. The minimum atomic E-state index is 0.326. The number of nitrogens with one attached hydrogen (secondary N) is 2. The molecule has 0 spiro atoms. The molecule has 11 heavy (non-hydrogen) atoms. The summed E-state index contributed by atoms with van der Waals surface area (Å²) >= 11 is 0.326. The van der Waals surface area contributed by atoms with Crippen LogP contribution in [0.5, 0.6) is 0 Å². The van der Waals surface area contributed by atoms with Crippen molar-refractivity contribution >= 4 is 0 Å². The van der Waals surface area contributed by atoms with E-state index in [1.54, 1.807) is 0 Å². The molecule has 68 valence electrons. The molecule has 0 aromatic carbocycles. The number of rotatable bonds is 1. The third-order valence-corrected chi connectivity index (χ3v) is 5.15. The molecule has 1 aliphatic heterocycles. The fraction of sp³-hybridized carbons (Fsp3) is 1.00. The Labute approximate surface area is 79.8 Å². The van der Waals surface area contributed by atoms with Gasteiger partial charge in [-0.05, 0) is 0 Å². The van der Waals surface area contributed by atoms with E-state index >= 15 is 0 Å². The van der Waals surface area contributed by atoms with Gasteiger partial charge < -0.3 is 0 Å². The van der Waals surface area contributed by atoms with Crippen LogP contribution < -0.4 is 31.8 Å². The zero-order chi connectivity index (χ0) is 8.43. The molecule has 0 radical (unpaired) electrons. The molecule has 4 atom stereocenters. The van der Waals surface area contributed by atoms with Crippen LogP contribution in [-0.4, -0.2) is 27.1 Å². The van der Waals surface area contributed by atoms with Crippen molar-refractivity contribution in [3.8, 4) is 0 Å². The fourth-order valence-electron chi connectivity index (χ4n) is 1.44. The first-order chi connectivity index (χ1) is 5.15. The van der Waals surface area contributed by atoms with Crippen LogP contribution in [0.4, 0.5) is 0 Å². The van der Waals surface area contributed by atoms with Gasteiger partial charge in [0, 0.05) is 0 Å². The second-order valence-corrected chi connectivity index (χ2v) is 5.91. The summed E-state index contributed by atoms with van der Waals surface area (Å²) in [5, 5.41) is 7.25.